The lowest BCUT2D eigenvalue weighted by atomic mass is 9.98. The third kappa shape index (κ3) is 4.62. The molecule has 1 heterocycles. The number of halogens is 2. The SMILES string of the molecule is CC(C)c1ccc(C(NC(=O)C2CC(=O)N(c3ccc(Cl)c(F)c3)C2)C(=O)O)cc1. The van der Waals surface area contributed by atoms with E-state index in [2.05, 4.69) is 5.32 Å². The van der Waals surface area contributed by atoms with Crippen molar-refractivity contribution in [2.45, 2.75) is 32.2 Å². The van der Waals surface area contributed by atoms with Gasteiger partial charge in [0, 0.05) is 18.7 Å². The summed E-state index contributed by atoms with van der Waals surface area (Å²) >= 11 is 5.68. The second kappa shape index (κ2) is 8.83. The van der Waals surface area contributed by atoms with Crippen LogP contribution in [0.2, 0.25) is 5.02 Å². The molecule has 1 aliphatic rings. The summed E-state index contributed by atoms with van der Waals surface area (Å²) < 4.78 is 13.7. The molecule has 0 aliphatic carbocycles. The first-order valence-corrected chi connectivity index (χ1v) is 9.93. The molecule has 8 heteroatoms. The summed E-state index contributed by atoms with van der Waals surface area (Å²) in [6.07, 6.45) is -0.0886. The van der Waals surface area contributed by atoms with Gasteiger partial charge in [-0.1, -0.05) is 49.7 Å². The van der Waals surface area contributed by atoms with E-state index in [1.54, 1.807) is 12.1 Å². The molecule has 2 amide bonds. The Morgan fingerprint density at radius 3 is 2.37 bits per heavy atom. The predicted octanol–water partition coefficient (Wildman–Crippen LogP) is 3.90. The number of carbonyl (C=O) groups excluding carboxylic acids is 2. The van der Waals surface area contributed by atoms with E-state index in [0.717, 1.165) is 11.6 Å². The van der Waals surface area contributed by atoms with Crippen LogP contribution in [0.1, 0.15) is 43.4 Å². The summed E-state index contributed by atoms with van der Waals surface area (Å²) in [5, 5.41) is 12.1. The Hall–Kier alpha value is -2.93. The van der Waals surface area contributed by atoms with E-state index in [9.17, 15) is 23.9 Å². The number of benzene rings is 2. The highest BCUT2D eigenvalue weighted by Gasteiger charge is 2.37. The van der Waals surface area contributed by atoms with E-state index >= 15 is 0 Å². The Balaban J connectivity index is 1.72. The summed E-state index contributed by atoms with van der Waals surface area (Å²) in [5.74, 6) is -3.18. The van der Waals surface area contributed by atoms with Crippen LogP contribution in [0.3, 0.4) is 0 Å². The lowest BCUT2D eigenvalue weighted by molar-refractivity contribution is -0.142. The van der Waals surface area contributed by atoms with Crippen molar-refractivity contribution in [3.63, 3.8) is 0 Å². The molecule has 6 nitrogen and oxygen atoms in total. The average molecular weight is 433 g/mol. The van der Waals surface area contributed by atoms with Crippen molar-refractivity contribution in [3.05, 3.63) is 64.4 Å². The van der Waals surface area contributed by atoms with Crippen molar-refractivity contribution in [3.8, 4) is 0 Å². The van der Waals surface area contributed by atoms with E-state index in [1.807, 2.05) is 26.0 Å². The van der Waals surface area contributed by atoms with Crippen LogP contribution in [-0.2, 0) is 14.4 Å². The number of nitrogens with zero attached hydrogens (tertiary/aromatic N) is 1. The topological polar surface area (TPSA) is 86.7 Å². The molecule has 0 spiro atoms. The maximum Gasteiger partial charge on any atom is 0.330 e. The summed E-state index contributed by atoms with van der Waals surface area (Å²) in [5.41, 5.74) is 1.80. The van der Waals surface area contributed by atoms with Gasteiger partial charge in [-0.15, -0.1) is 0 Å². The van der Waals surface area contributed by atoms with Crippen LogP contribution in [0.25, 0.3) is 0 Å². The zero-order valence-electron chi connectivity index (χ0n) is 16.6. The minimum absolute atomic E-state index is 0.0321. The van der Waals surface area contributed by atoms with E-state index < -0.39 is 29.7 Å². The zero-order valence-corrected chi connectivity index (χ0v) is 17.3. The van der Waals surface area contributed by atoms with Gasteiger partial charge in [0.2, 0.25) is 11.8 Å². The Kier molecular flexibility index (Phi) is 6.41. The third-order valence-corrected chi connectivity index (χ3v) is 5.49. The van der Waals surface area contributed by atoms with E-state index in [4.69, 9.17) is 11.6 Å². The number of carbonyl (C=O) groups is 3. The number of aliphatic carboxylic acids is 1. The van der Waals surface area contributed by atoms with Crippen LogP contribution in [0.4, 0.5) is 10.1 Å². The first kappa shape index (κ1) is 21.8. The maximum absolute atomic E-state index is 13.7. The first-order valence-electron chi connectivity index (χ1n) is 9.55. The number of nitrogens with one attached hydrogen (secondary N) is 1. The molecule has 2 aromatic rings. The second-order valence-electron chi connectivity index (χ2n) is 7.61. The Morgan fingerprint density at radius 2 is 1.80 bits per heavy atom. The molecule has 3 rings (SSSR count). The fourth-order valence-electron chi connectivity index (χ4n) is 3.41. The van der Waals surface area contributed by atoms with Gasteiger partial charge in [0.1, 0.15) is 5.82 Å². The van der Waals surface area contributed by atoms with Gasteiger partial charge < -0.3 is 15.3 Å². The molecule has 0 radical (unpaired) electrons. The largest absolute Gasteiger partial charge is 0.479 e. The monoisotopic (exact) mass is 432 g/mol. The normalized spacial score (nSPS) is 17.3. The van der Waals surface area contributed by atoms with Gasteiger partial charge in [-0.2, -0.15) is 0 Å². The molecule has 1 saturated heterocycles. The number of carboxylic acids is 1. The van der Waals surface area contributed by atoms with Crippen molar-refractivity contribution < 1.29 is 23.9 Å². The average Bonchev–Trinajstić information content (AvgIpc) is 3.09. The van der Waals surface area contributed by atoms with Gasteiger partial charge in [-0.3, -0.25) is 9.59 Å². The fourth-order valence-corrected chi connectivity index (χ4v) is 3.52. The highest BCUT2D eigenvalue weighted by Crippen LogP contribution is 2.29. The molecule has 0 saturated carbocycles. The first-order chi connectivity index (χ1) is 14.2. The molecule has 2 N–H and O–H groups in total. The van der Waals surface area contributed by atoms with Gasteiger partial charge >= 0.3 is 5.97 Å². The van der Waals surface area contributed by atoms with Gasteiger partial charge in [-0.05, 0) is 35.2 Å². The van der Waals surface area contributed by atoms with Crippen LogP contribution in [-0.4, -0.2) is 29.4 Å². The van der Waals surface area contributed by atoms with Crippen molar-refractivity contribution in [2.75, 3.05) is 11.4 Å². The van der Waals surface area contributed by atoms with Gasteiger partial charge in [0.25, 0.3) is 0 Å². The third-order valence-electron chi connectivity index (χ3n) is 5.18. The molecule has 2 atom stereocenters. The summed E-state index contributed by atoms with van der Waals surface area (Å²) in [7, 11) is 0. The molecule has 0 bridgehead atoms. The smallest absolute Gasteiger partial charge is 0.330 e. The van der Waals surface area contributed by atoms with Crippen LogP contribution < -0.4 is 10.2 Å². The number of hydrogen-bond donors (Lipinski definition) is 2. The highest BCUT2D eigenvalue weighted by molar-refractivity contribution is 6.30. The standard InChI is InChI=1S/C22H22ClFN2O4/c1-12(2)13-3-5-14(6-4-13)20(22(29)30)25-21(28)15-9-19(27)26(11-15)16-7-8-17(23)18(24)10-16/h3-8,10,12,15,20H,9,11H2,1-2H3,(H,25,28)(H,29,30). The zero-order chi connectivity index (χ0) is 22.0. The Morgan fingerprint density at radius 1 is 1.17 bits per heavy atom. The number of carboxylic acid groups (broad SMARTS) is 1. The van der Waals surface area contributed by atoms with E-state index in [0.29, 0.717) is 17.2 Å². The summed E-state index contributed by atoms with van der Waals surface area (Å²) in [4.78, 5) is 38.1. The van der Waals surface area contributed by atoms with Gasteiger partial charge in [-0.25, -0.2) is 9.18 Å². The van der Waals surface area contributed by atoms with Gasteiger partial charge in [0.15, 0.2) is 6.04 Å². The van der Waals surface area contributed by atoms with Crippen molar-refractivity contribution in [1.29, 1.82) is 0 Å². The van der Waals surface area contributed by atoms with Crippen molar-refractivity contribution in [1.82, 2.24) is 5.32 Å². The molecule has 30 heavy (non-hydrogen) atoms. The summed E-state index contributed by atoms with van der Waals surface area (Å²) in [6, 6.07) is 9.77. The molecular formula is C22H22ClFN2O4. The number of rotatable bonds is 6. The van der Waals surface area contributed by atoms with Crippen molar-refractivity contribution in [2.24, 2.45) is 5.92 Å². The lowest BCUT2D eigenvalue weighted by Crippen LogP contribution is -2.38. The molecule has 2 unspecified atom stereocenters. The maximum atomic E-state index is 13.7. The predicted molar refractivity (Wildman–Crippen MR) is 111 cm³/mol. The lowest BCUT2D eigenvalue weighted by Gasteiger charge is -2.19. The van der Waals surface area contributed by atoms with E-state index in [1.165, 1.54) is 17.0 Å². The fraction of sp³-hybridized carbons (Fsp3) is 0.318. The molecule has 158 valence electrons. The van der Waals surface area contributed by atoms with Crippen molar-refractivity contribution >= 4 is 35.1 Å². The number of amides is 2. The molecule has 1 aliphatic heterocycles. The van der Waals surface area contributed by atoms with Crippen LogP contribution >= 0.6 is 11.6 Å². The second-order valence-corrected chi connectivity index (χ2v) is 8.01. The minimum Gasteiger partial charge on any atom is -0.479 e. The minimum atomic E-state index is -1.23. The van der Waals surface area contributed by atoms with Crippen LogP contribution in [0, 0.1) is 11.7 Å². The number of anilines is 1. The quantitative estimate of drug-likeness (QED) is 0.724. The van der Waals surface area contributed by atoms with Gasteiger partial charge in [0.05, 0.1) is 10.9 Å². The van der Waals surface area contributed by atoms with Crippen LogP contribution in [0.15, 0.2) is 42.5 Å². The molecule has 1 fully saturated rings. The Bertz CT molecular complexity index is 978. The summed E-state index contributed by atoms with van der Waals surface area (Å²) in [6.45, 7) is 4.09. The molecular weight excluding hydrogens is 411 g/mol. The van der Waals surface area contributed by atoms with E-state index in [-0.39, 0.29) is 23.9 Å². The highest BCUT2D eigenvalue weighted by atomic mass is 35.5. The number of hydrogen-bond acceptors (Lipinski definition) is 3. The molecule has 0 aromatic heterocycles. The molecule has 2 aromatic carbocycles. The van der Waals surface area contributed by atoms with Crippen LogP contribution in [0.5, 0.6) is 0 Å². The Labute approximate surface area is 178 Å².